The first kappa shape index (κ1) is 22.9. The fourth-order valence-corrected chi connectivity index (χ4v) is 3.85. The van der Waals surface area contributed by atoms with Crippen LogP contribution in [0.5, 0.6) is 11.5 Å². The van der Waals surface area contributed by atoms with E-state index in [9.17, 15) is 4.79 Å². The molecule has 1 N–H and O–H groups in total. The number of halogens is 2. The summed E-state index contributed by atoms with van der Waals surface area (Å²) in [5, 5.41) is 6.17. The number of nitrogens with zero attached hydrogens (tertiary/aromatic N) is 1. The average Bonchev–Trinajstić information content (AvgIpc) is 2.78. The van der Waals surface area contributed by atoms with Gasteiger partial charge in [-0.15, -0.1) is 6.42 Å². The van der Waals surface area contributed by atoms with Crippen LogP contribution in [0.15, 0.2) is 68.6 Å². The largest absolute Gasteiger partial charge is 0.480 e. The van der Waals surface area contributed by atoms with Crippen LogP contribution in [0.4, 0.5) is 0 Å². The summed E-state index contributed by atoms with van der Waals surface area (Å²) in [4.78, 5) is 12.6. The van der Waals surface area contributed by atoms with Crippen LogP contribution >= 0.6 is 31.9 Å². The molecular formula is C24H20Br2N2O3. The van der Waals surface area contributed by atoms with E-state index in [-0.39, 0.29) is 12.5 Å². The fraction of sp³-hybridized carbons (Fsp3) is 0.167. The van der Waals surface area contributed by atoms with Gasteiger partial charge in [0, 0.05) is 10.0 Å². The number of carbonyl (C=O) groups is 1. The molecule has 0 heterocycles. The summed E-state index contributed by atoms with van der Waals surface area (Å²) in [6.45, 7) is 2.02. The topological polar surface area (TPSA) is 59.9 Å². The zero-order valence-corrected chi connectivity index (χ0v) is 19.9. The van der Waals surface area contributed by atoms with Crippen molar-refractivity contribution in [3.8, 4) is 23.8 Å². The SMILES string of the molecule is C#CCOc1ccc(Br)cc1C=NNC(=O)[C@H](CC)Oc1ccc2ccccc2c1Br. The molecule has 5 nitrogen and oxygen atoms in total. The van der Waals surface area contributed by atoms with Gasteiger partial charge < -0.3 is 9.47 Å². The predicted molar refractivity (Wildman–Crippen MR) is 131 cm³/mol. The number of hydrogen-bond acceptors (Lipinski definition) is 4. The minimum Gasteiger partial charge on any atom is -0.480 e. The number of amides is 1. The number of ether oxygens (including phenoxy) is 2. The molecule has 31 heavy (non-hydrogen) atoms. The highest BCUT2D eigenvalue weighted by Crippen LogP contribution is 2.33. The van der Waals surface area contributed by atoms with Crippen LogP contribution in [-0.4, -0.2) is 24.8 Å². The molecule has 0 aromatic heterocycles. The molecule has 0 aliphatic carbocycles. The molecule has 3 aromatic rings. The Bertz CT molecular complexity index is 1160. The van der Waals surface area contributed by atoms with Gasteiger partial charge in [-0.1, -0.05) is 59.1 Å². The first-order valence-corrected chi connectivity index (χ1v) is 11.1. The van der Waals surface area contributed by atoms with Crippen LogP contribution in [0.3, 0.4) is 0 Å². The lowest BCUT2D eigenvalue weighted by atomic mass is 10.1. The normalized spacial score (nSPS) is 11.8. The zero-order chi connectivity index (χ0) is 22.2. The van der Waals surface area contributed by atoms with E-state index in [1.54, 1.807) is 6.07 Å². The van der Waals surface area contributed by atoms with Gasteiger partial charge in [0.15, 0.2) is 6.10 Å². The molecule has 0 aliphatic heterocycles. The van der Waals surface area contributed by atoms with Crippen LogP contribution in [0.25, 0.3) is 10.8 Å². The molecule has 1 amide bonds. The third kappa shape index (κ3) is 5.87. The Kier molecular flexibility index (Phi) is 8.10. The smallest absolute Gasteiger partial charge is 0.281 e. The molecule has 1 atom stereocenters. The molecule has 7 heteroatoms. The van der Waals surface area contributed by atoms with Crippen molar-refractivity contribution in [2.75, 3.05) is 6.61 Å². The second-order valence-electron chi connectivity index (χ2n) is 6.52. The zero-order valence-electron chi connectivity index (χ0n) is 16.8. The molecule has 158 valence electrons. The van der Waals surface area contributed by atoms with E-state index in [1.165, 1.54) is 6.21 Å². The van der Waals surface area contributed by atoms with E-state index in [1.807, 2.05) is 55.5 Å². The van der Waals surface area contributed by atoms with E-state index in [4.69, 9.17) is 15.9 Å². The molecule has 0 radical (unpaired) electrons. The quantitative estimate of drug-likeness (QED) is 0.226. The van der Waals surface area contributed by atoms with E-state index in [2.05, 4.69) is 48.3 Å². The minimum atomic E-state index is -0.700. The van der Waals surface area contributed by atoms with Crippen molar-refractivity contribution in [2.45, 2.75) is 19.4 Å². The Morgan fingerprint density at radius 3 is 2.74 bits per heavy atom. The maximum atomic E-state index is 12.6. The summed E-state index contributed by atoms with van der Waals surface area (Å²) in [6.07, 6.45) is 6.54. The van der Waals surface area contributed by atoms with Crippen LogP contribution in [0.2, 0.25) is 0 Å². The molecule has 0 saturated carbocycles. The molecule has 0 bridgehead atoms. The van der Waals surface area contributed by atoms with Crippen molar-refractivity contribution in [1.82, 2.24) is 5.43 Å². The number of nitrogens with one attached hydrogen (secondary N) is 1. The Morgan fingerprint density at radius 2 is 1.97 bits per heavy atom. The summed E-state index contributed by atoms with van der Waals surface area (Å²) in [6, 6.07) is 17.2. The van der Waals surface area contributed by atoms with Crippen LogP contribution in [0, 0.1) is 12.3 Å². The summed E-state index contributed by atoms with van der Waals surface area (Å²) >= 11 is 7.00. The van der Waals surface area contributed by atoms with E-state index in [0.717, 1.165) is 19.7 Å². The molecule has 0 saturated heterocycles. The molecule has 0 aliphatic rings. The maximum Gasteiger partial charge on any atom is 0.281 e. The summed E-state index contributed by atoms with van der Waals surface area (Å²) in [5.74, 6) is 3.25. The molecule has 0 spiro atoms. The number of hydrogen-bond donors (Lipinski definition) is 1. The van der Waals surface area contributed by atoms with E-state index < -0.39 is 6.10 Å². The lowest BCUT2D eigenvalue weighted by molar-refractivity contribution is -0.128. The van der Waals surface area contributed by atoms with Gasteiger partial charge in [-0.3, -0.25) is 4.79 Å². The van der Waals surface area contributed by atoms with Crippen molar-refractivity contribution < 1.29 is 14.3 Å². The third-order valence-electron chi connectivity index (χ3n) is 4.42. The van der Waals surface area contributed by atoms with Crippen LogP contribution in [-0.2, 0) is 4.79 Å². The molecule has 3 rings (SSSR count). The average molecular weight is 544 g/mol. The molecular weight excluding hydrogens is 524 g/mol. The number of carbonyl (C=O) groups excluding carboxylic acids is 1. The molecule has 3 aromatic carbocycles. The number of hydrazone groups is 1. The Hall–Kier alpha value is -2.82. The Morgan fingerprint density at radius 1 is 1.19 bits per heavy atom. The monoisotopic (exact) mass is 542 g/mol. The highest BCUT2D eigenvalue weighted by molar-refractivity contribution is 9.11. The van der Waals surface area contributed by atoms with Crippen LogP contribution < -0.4 is 14.9 Å². The second kappa shape index (κ2) is 11.0. The van der Waals surface area contributed by atoms with Crippen molar-refractivity contribution in [3.63, 3.8) is 0 Å². The van der Waals surface area contributed by atoms with E-state index >= 15 is 0 Å². The fourth-order valence-electron chi connectivity index (χ4n) is 2.89. The minimum absolute atomic E-state index is 0.140. The lowest BCUT2D eigenvalue weighted by Crippen LogP contribution is -2.35. The highest BCUT2D eigenvalue weighted by Gasteiger charge is 2.20. The Balaban J connectivity index is 1.70. The number of benzene rings is 3. The van der Waals surface area contributed by atoms with Gasteiger partial charge in [0.05, 0.1) is 10.7 Å². The molecule has 0 fully saturated rings. The number of terminal acetylenes is 1. The van der Waals surface area contributed by atoms with Crippen molar-refractivity contribution in [3.05, 3.63) is 69.1 Å². The third-order valence-corrected chi connectivity index (χ3v) is 5.73. The number of fused-ring (bicyclic) bond motifs is 1. The van der Waals surface area contributed by atoms with Gasteiger partial charge in [-0.2, -0.15) is 5.10 Å². The van der Waals surface area contributed by atoms with Gasteiger partial charge >= 0.3 is 0 Å². The highest BCUT2D eigenvalue weighted by atomic mass is 79.9. The predicted octanol–water partition coefficient (Wildman–Crippen LogP) is 5.68. The van der Waals surface area contributed by atoms with Crippen molar-refractivity contribution in [1.29, 1.82) is 0 Å². The van der Waals surface area contributed by atoms with Crippen molar-refractivity contribution in [2.24, 2.45) is 5.10 Å². The maximum absolute atomic E-state index is 12.6. The standard InChI is InChI=1S/C24H20Br2N2O3/c1-3-13-30-21-12-10-18(25)14-17(21)15-27-28-24(29)20(4-2)31-22-11-9-16-7-5-6-8-19(16)23(22)26/h1,5-12,14-15,20H,4,13H2,2H3,(H,28,29)/t20-/m0/s1. The second-order valence-corrected chi connectivity index (χ2v) is 8.23. The first-order valence-electron chi connectivity index (χ1n) is 9.56. The lowest BCUT2D eigenvalue weighted by Gasteiger charge is -2.17. The van der Waals surface area contributed by atoms with E-state index in [0.29, 0.717) is 23.5 Å². The summed E-state index contributed by atoms with van der Waals surface area (Å²) in [5.41, 5.74) is 3.22. The van der Waals surface area contributed by atoms with Gasteiger partial charge in [-0.25, -0.2) is 5.43 Å². The number of rotatable bonds is 8. The van der Waals surface area contributed by atoms with Crippen molar-refractivity contribution >= 4 is 54.8 Å². The first-order chi connectivity index (χ1) is 15.0. The van der Waals surface area contributed by atoms with Gasteiger partial charge in [0.1, 0.15) is 18.1 Å². The Labute approximate surface area is 198 Å². The van der Waals surface area contributed by atoms with Gasteiger partial charge in [-0.05, 0) is 57.4 Å². The van der Waals surface area contributed by atoms with Gasteiger partial charge in [0.25, 0.3) is 5.91 Å². The molecule has 0 unspecified atom stereocenters. The van der Waals surface area contributed by atoms with Crippen LogP contribution in [0.1, 0.15) is 18.9 Å². The van der Waals surface area contributed by atoms with Gasteiger partial charge in [0.2, 0.25) is 0 Å². The summed E-state index contributed by atoms with van der Waals surface area (Å²) in [7, 11) is 0. The summed E-state index contributed by atoms with van der Waals surface area (Å²) < 4.78 is 13.1.